The Kier molecular flexibility index (Phi) is 4.24. The molecule has 0 saturated carbocycles. The molecule has 0 aliphatic rings. The van der Waals surface area contributed by atoms with Crippen LogP contribution in [0.25, 0.3) is 0 Å². The minimum atomic E-state index is -3.74. The van der Waals surface area contributed by atoms with Gasteiger partial charge in [-0.15, -0.1) is 0 Å². The number of methoxy groups -OCH3 is 1. The molecule has 2 aromatic rings. The zero-order valence-corrected chi connectivity index (χ0v) is 13.2. The van der Waals surface area contributed by atoms with E-state index in [0.717, 1.165) is 0 Å². The average molecular weight is 358 g/mol. The molecule has 1 N–H and O–H groups in total. The Morgan fingerprint density at radius 1 is 1.25 bits per heavy atom. The molecule has 0 fully saturated rings. The lowest BCUT2D eigenvalue weighted by molar-refractivity contribution is 0.397. The van der Waals surface area contributed by atoms with Crippen LogP contribution >= 0.6 is 15.9 Å². The lowest BCUT2D eigenvalue weighted by Crippen LogP contribution is -2.15. The summed E-state index contributed by atoms with van der Waals surface area (Å²) in [5.41, 5.74) is 0.601. The molecule has 6 nitrogen and oxygen atoms in total. The Morgan fingerprint density at radius 3 is 2.65 bits per heavy atom. The summed E-state index contributed by atoms with van der Waals surface area (Å²) in [6.07, 6.45) is 0. The van der Waals surface area contributed by atoms with Crippen molar-refractivity contribution in [2.45, 2.75) is 11.8 Å². The molecule has 8 heteroatoms. The third-order valence-corrected chi connectivity index (χ3v) is 4.19. The molecule has 0 spiro atoms. The van der Waals surface area contributed by atoms with Gasteiger partial charge in [0.25, 0.3) is 10.0 Å². The average Bonchev–Trinajstić information content (AvgIpc) is 2.37. The van der Waals surface area contributed by atoms with E-state index in [9.17, 15) is 8.42 Å². The molecule has 0 amide bonds. The molecule has 0 aliphatic carbocycles. The van der Waals surface area contributed by atoms with Gasteiger partial charge < -0.3 is 4.74 Å². The van der Waals surface area contributed by atoms with E-state index >= 15 is 0 Å². The summed E-state index contributed by atoms with van der Waals surface area (Å²) < 4.78 is 32.4. The number of aromatic nitrogens is 2. The van der Waals surface area contributed by atoms with Crippen molar-refractivity contribution in [2.24, 2.45) is 0 Å². The van der Waals surface area contributed by atoms with Gasteiger partial charge in [-0.3, -0.25) is 0 Å². The van der Waals surface area contributed by atoms with Crippen LogP contribution in [0.5, 0.6) is 5.88 Å². The minimum Gasteiger partial charge on any atom is -0.481 e. The van der Waals surface area contributed by atoms with Gasteiger partial charge in [0.05, 0.1) is 12.0 Å². The molecular weight excluding hydrogens is 346 g/mol. The van der Waals surface area contributed by atoms with Gasteiger partial charge in [0, 0.05) is 16.2 Å². The third-order valence-electron chi connectivity index (χ3n) is 2.37. The number of nitrogens with zero attached hydrogens (tertiary/aromatic N) is 2. The molecule has 0 saturated heterocycles. The van der Waals surface area contributed by atoms with E-state index in [1.54, 1.807) is 25.1 Å². The minimum absolute atomic E-state index is 0.0261. The highest BCUT2D eigenvalue weighted by Gasteiger charge is 2.16. The Labute approximate surface area is 125 Å². The smallest absolute Gasteiger partial charge is 0.264 e. The van der Waals surface area contributed by atoms with Gasteiger partial charge in [-0.25, -0.2) is 18.1 Å². The molecule has 0 unspecified atom stereocenters. The van der Waals surface area contributed by atoms with Crippen LogP contribution in [0.4, 0.5) is 5.95 Å². The van der Waals surface area contributed by atoms with Crippen molar-refractivity contribution in [2.75, 3.05) is 11.8 Å². The number of hydrogen-bond acceptors (Lipinski definition) is 5. The summed E-state index contributed by atoms with van der Waals surface area (Å²) in [4.78, 5) is 8.09. The molecule has 106 valence electrons. The summed E-state index contributed by atoms with van der Waals surface area (Å²) in [5, 5.41) is 0. The fourth-order valence-corrected chi connectivity index (χ4v) is 3.04. The quantitative estimate of drug-likeness (QED) is 0.908. The Balaban J connectivity index is 2.35. The number of rotatable bonds is 4. The zero-order valence-electron chi connectivity index (χ0n) is 10.8. The van der Waals surface area contributed by atoms with E-state index in [4.69, 9.17) is 4.74 Å². The summed E-state index contributed by atoms with van der Waals surface area (Å²) >= 11 is 3.23. The van der Waals surface area contributed by atoms with Crippen molar-refractivity contribution in [3.8, 4) is 5.88 Å². The van der Waals surface area contributed by atoms with Crippen molar-refractivity contribution in [1.29, 1.82) is 0 Å². The lowest BCUT2D eigenvalue weighted by Gasteiger charge is -2.08. The second-order valence-electron chi connectivity index (χ2n) is 3.94. The van der Waals surface area contributed by atoms with E-state index in [-0.39, 0.29) is 10.8 Å². The predicted molar refractivity (Wildman–Crippen MR) is 78.3 cm³/mol. The molecule has 1 aromatic carbocycles. The van der Waals surface area contributed by atoms with Crippen molar-refractivity contribution < 1.29 is 13.2 Å². The predicted octanol–water partition coefficient (Wildman–Crippen LogP) is 2.36. The number of ether oxygens (including phenoxy) is 1. The van der Waals surface area contributed by atoms with E-state index in [2.05, 4.69) is 30.6 Å². The van der Waals surface area contributed by atoms with Crippen LogP contribution in [0.1, 0.15) is 5.69 Å². The summed E-state index contributed by atoms with van der Waals surface area (Å²) in [6, 6.07) is 7.97. The Hall–Kier alpha value is -1.67. The normalized spacial score (nSPS) is 11.2. The largest absolute Gasteiger partial charge is 0.481 e. The number of aryl methyl sites for hydroxylation is 1. The molecule has 0 aliphatic heterocycles. The zero-order chi connectivity index (χ0) is 14.8. The first-order chi connectivity index (χ1) is 9.40. The van der Waals surface area contributed by atoms with E-state index in [0.29, 0.717) is 16.0 Å². The van der Waals surface area contributed by atoms with Crippen LogP contribution in [-0.4, -0.2) is 25.5 Å². The van der Waals surface area contributed by atoms with Crippen molar-refractivity contribution in [3.05, 3.63) is 40.5 Å². The third kappa shape index (κ3) is 3.45. The van der Waals surface area contributed by atoms with Gasteiger partial charge in [0.2, 0.25) is 11.8 Å². The monoisotopic (exact) mass is 357 g/mol. The number of benzene rings is 1. The van der Waals surface area contributed by atoms with E-state index < -0.39 is 10.0 Å². The first kappa shape index (κ1) is 14.7. The lowest BCUT2D eigenvalue weighted by atomic mass is 10.4. The van der Waals surface area contributed by atoms with Crippen LogP contribution in [0.3, 0.4) is 0 Å². The summed E-state index contributed by atoms with van der Waals surface area (Å²) in [7, 11) is -2.29. The molecule has 0 bridgehead atoms. The van der Waals surface area contributed by atoms with Crippen LogP contribution < -0.4 is 9.46 Å². The molecular formula is C12H12BrN3O3S. The van der Waals surface area contributed by atoms with Gasteiger partial charge in [0.1, 0.15) is 0 Å². The number of nitrogens with one attached hydrogen (secondary N) is 1. The molecule has 2 rings (SSSR count). The van der Waals surface area contributed by atoms with Gasteiger partial charge in [-0.05, 0) is 25.1 Å². The van der Waals surface area contributed by atoms with Crippen molar-refractivity contribution in [1.82, 2.24) is 9.97 Å². The Bertz CT molecular complexity index is 734. The highest BCUT2D eigenvalue weighted by Crippen LogP contribution is 2.19. The topological polar surface area (TPSA) is 81.2 Å². The van der Waals surface area contributed by atoms with Crippen LogP contribution in [0, 0.1) is 6.92 Å². The van der Waals surface area contributed by atoms with Crippen LogP contribution in [0.2, 0.25) is 0 Å². The fourth-order valence-electron chi connectivity index (χ4n) is 1.50. The maximum atomic E-state index is 12.2. The second kappa shape index (κ2) is 5.76. The number of halogens is 1. The standard InChI is InChI=1S/C12H12BrN3O3S/c1-8-6-11(19-2)15-12(14-8)16-20(17,18)10-5-3-4-9(13)7-10/h3-7H,1-2H3,(H,14,15,16). The number of anilines is 1. The highest BCUT2D eigenvalue weighted by atomic mass is 79.9. The van der Waals surface area contributed by atoms with Crippen LogP contribution in [-0.2, 0) is 10.0 Å². The SMILES string of the molecule is COc1cc(C)nc(NS(=O)(=O)c2cccc(Br)c2)n1. The maximum Gasteiger partial charge on any atom is 0.264 e. The summed E-state index contributed by atoms with van der Waals surface area (Å²) in [6.45, 7) is 1.72. The van der Waals surface area contributed by atoms with Gasteiger partial charge in [0.15, 0.2) is 0 Å². The van der Waals surface area contributed by atoms with E-state index in [1.165, 1.54) is 19.2 Å². The number of sulfonamides is 1. The molecule has 1 heterocycles. The van der Waals surface area contributed by atoms with Crippen molar-refractivity contribution >= 4 is 31.9 Å². The first-order valence-corrected chi connectivity index (χ1v) is 7.86. The molecule has 1 aromatic heterocycles. The maximum absolute atomic E-state index is 12.2. The van der Waals surface area contributed by atoms with Gasteiger partial charge >= 0.3 is 0 Å². The molecule has 0 radical (unpaired) electrons. The fraction of sp³-hybridized carbons (Fsp3) is 0.167. The van der Waals surface area contributed by atoms with Crippen molar-refractivity contribution in [3.63, 3.8) is 0 Å². The van der Waals surface area contributed by atoms with Gasteiger partial charge in [-0.2, -0.15) is 4.98 Å². The van der Waals surface area contributed by atoms with Crippen LogP contribution in [0.15, 0.2) is 39.7 Å². The number of hydrogen-bond donors (Lipinski definition) is 1. The molecule has 0 atom stereocenters. The van der Waals surface area contributed by atoms with E-state index in [1.807, 2.05) is 0 Å². The first-order valence-electron chi connectivity index (χ1n) is 5.59. The van der Waals surface area contributed by atoms with Gasteiger partial charge in [-0.1, -0.05) is 22.0 Å². The highest BCUT2D eigenvalue weighted by molar-refractivity contribution is 9.10. The molecule has 20 heavy (non-hydrogen) atoms. The second-order valence-corrected chi connectivity index (χ2v) is 6.54. The Morgan fingerprint density at radius 2 is 2.00 bits per heavy atom. The summed E-state index contributed by atoms with van der Waals surface area (Å²) in [5.74, 6) is 0.270.